The van der Waals surface area contributed by atoms with E-state index in [1.807, 2.05) is 24.0 Å². The summed E-state index contributed by atoms with van der Waals surface area (Å²) < 4.78 is 3.79. The zero-order valence-corrected chi connectivity index (χ0v) is 13.0. The van der Waals surface area contributed by atoms with Gasteiger partial charge in [0.15, 0.2) is 5.16 Å². The van der Waals surface area contributed by atoms with Gasteiger partial charge in [0.05, 0.1) is 11.9 Å². The van der Waals surface area contributed by atoms with Crippen LogP contribution in [0, 0.1) is 0 Å². The first-order valence-electron chi connectivity index (χ1n) is 6.84. The predicted molar refractivity (Wildman–Crippen MR) is 79.3 cm³/mol. The van der Waals surface area contributed by atoms with E-state index in [4.69, 9.17) is 5.11 Å². The van der Waals surface area contributed by atoms with Crippen molar-refractivity contribution < 1.29 is 9.90 Å². The van der Waals surface area contributed by atoms with Crippen LogP contribution in [0.25, 0.3) is 0 Å². The number of carbonyl (C=O) groups is 1. The normalized spacial score (nSPS) is 11.0. The minimum Gasteiger partial charge on any atom is -0.481 e. The van der Waals surface area contributed by atoms with Crippen molar-refractivity contribution in [1.82, 2.24) is 24.5 Å². The van der Waals surface area contributed by atoms with Crippen molar-refractivity contribution in [3.8, 4) is 0 Å². The Morgan fingerprint density at radius 3 is 2.81 bits per heavy atom. The molecule has 0 radical (unpaired) electrons. The Morgan fingerprint density at radius 1 is 1.38 bits per heavy atom. The van der Waals surface area contributed by atoms with Gasteiger partial charge in [-0.3, -0.25) is 9.48 Å². The average Bonchev–Trinajstić information content (AvgIpc) is 3.01. The third-order valence-electron chi connectivity index (χ3n) is 2.97. The van der Waals surface area contributed by atoms with E-state index in [1.165, 1.54) is 11.8 Å². The van der Waals surface area contributed by atoms with Crippen LogP contribution in [0.2, 0.25) is 0 Å². The Morgan fingerprint density at radius 2 is 2.19 bits per heavy atom. The van der Waals surface area contributed by atoms with Crippen molar-refractivity contribution in [3.63, 3.8) is 0 Å². The van der Waals surface area contributed by atoms with Crippen LogP contribution >= 0.6 is 11.8 Å². The topological polar surface area (TPSA) is 85.8 Å². The third kappa shape index (κ3) is 4.32. The Balaban J connectivity index is 2.09. The van der Waals surface area contributed by atoms with Gasteiger partial charge >= 0.3 is 5.97 Å². The molecule has 1 N–H and O–H groups in total. The van der Waals surface area contributed by atoms with Gasteiger partial charge in [-0.15, -0.1) is 10.2 Å². The fraction of sp³-hybridized carbons (Fsp3) is 0.538. The van der Waals surface area contributed by atoms with Gasteiger partial charge in [-0.1, -0.05) is 18.7 Å². The Hall–Kier alpha value is -1.83. The molecular weight excluding hydrogens is 290 g/mol. The summed E-state index contributed by atoms with van der Waals surface area (Å²) in [5, 5.41) is 21.9. The lowest BCUT2D eigenvalue weighted by molar-refractivity contribution is -0.133. The summed E-state index contributed by atoms with van der Waals surface area (Å²) >= 11 is 1.21. The molecule has 2 heterocycles. The van der Waals surface area contributed by atoms with Crippen molar-refractivity contribution in [2.24, 2.45) is 7.05 Å². The summed E-state index contributed by atoms with van der Waals surface area (Å²) in [5.74, 6) is 0.0603. The molecule has 0 amide bonds. The summed E-state index contributed by atoms with van der Waals surface area (Å²) in [4.78, 5) is 10.7. The molecule has 7 nitrogen and oxygen atoms in total. The summed E-state index contributed by atoms with van der Waals surface area (Å²) in [7, 11) is 1.89. The van der Waals surface area contributed by atoms with Crippen molar-refractivity contribution in [1.29, 1.82) is 0 Å². The minimum atomic E-state index is -0.848. The number of nitrogens with zero attached hydrogens (tertiary/aromatic N) is 5. The minimum absolute atomic E-state index is 0.00283. The molecule has 114 valence electrons. The molecule has 0 spiro atoms. The Bertz CT molecular complexity index is 607. The number of aliphatic carboxylic acids is 1. The SMILES string of the molecule is CCCc1nnc(SCC(=O)O)n1CCc1cnn(C)c1. The second-order valence-corrected chi connectivity index (χ2v) is 5.70. The summed E-state index contributed by atoms with van der Waals surface area (Å²) in [6.07, 6.45) is 6.47. The van der Waals surface area contributed by atoms with Gasteiger partial charge in [-0.2, -0.15) is 5.10 Å². The number of aryl methyl sites for hydroxylation is 3. The molecule has 2 rings (SSSR count). The maximum atomic E-state index is 10.7. The van der Waals surface area contributed by atoms with Crippen LogP contribution < -0.4 is 0 Å². The van der Waals surface area contributed by atoms with E-state index in [9.17, 15) is 4.79 Å². The van der Waals surface area contributed by atoms with Crippen LogP contribution in [0.5, 0.6) is 0 Å². The fourth-order valence-corrected chi connectivity index (χ4v) is 2.73. The van der Waals surface area contributed by atoms with Gasteiger partial charge in [0.2, 0.25) is 0 Å². The van der Waals surface area contributed by atoms with Gasteiger partial charge in [0, 0.05) is 26.2 Å². The van der Waals surface area contributed by atoms with Crippen LogP contribution in [0.15, 0.2) is 17.6 Å². The van der Waals surface area contributed by atoms with Gasteiger partial charge in [-0.05, 0) is 18.4 Å². The molecular formula is C13H19N5O2S. The largest absolute Gasteiger partial charge is 0.481 e. The molecule has 0 atom stereocenters. The molecule has 0 saturated carbocycles. The first kappa shape index (κ1) is 15.6. The summed E-state index contributed by atoms with van der Waals surface area (Å²) in [6.45, 7) is 2.82. The smallest absolute Gasteiger partial charge is 0.313 e. The molecule has 0 unspecified atom stereocenters. The highest BCUT2D eigenvalue weighted by molar-refractivity contribution is 7.99. The molecule has 0 fully saturated rings. The number of aromatic nitrogens is 5. The number of carboxylic acids is 1. The highest BCUT2D eigenvalue weighted by atomic mass is 32.2. The lowest BCUT2D eigenvalue weighted by Crippen LogP contribution is -2.09. The van der Waals surface area contributed by atoms with Gasteiger partial charge in [0.1, 0.15) is 5.82 Å². The van der Waals surface area contributed by atoms with Crippen LogP contribution in [-0.4, -0.2) is 41.4 Å². The molecule has 0 aliphatic carbocycles. The Labute approximate surface area is 127 Å². The zero-order valence-electron chi connectivity index (χ0n) is 12.2. The molecule has 2 aromatic heterocycles. The van der Waals surface area contributed by atoms with E-state index in [0.717, 1.165) is 37.2 Å². The summed E-state index contributed by atoms with van der Waals surface area (Å²) in [5.41, 5.74) is 1.14. The number of hydrogen-bond donors (Lipinski definition) is 1. The molecule has 8 heteroatoms. The molecule has 0 aromatic carbocycles. The molecule has 2 aromatic rings. The van der Waals surface area contributed by atoms with Crippen molar-refractivity contribution in [3.05, 3.63) is 23.8 Å². The average molecular weight is 309 g/mol. The number of thioether (sulfide) groups is 1. The van der Waals surface area contributed by atoms with Crippen molar-refractivity contribution in [2.45, 2.75) is 37.9 Å². The van der Waals surface area contributed by atoms with Gasteiger partial charge < -0.3 is 9.67 Å². The Kier molecular flexibility index (Phi) is 5.38. The van der Waals surface area contributed by atoms with Gasteiger partial charge in [0.25, 0.3) is 0 Å². The molecule has 0 saturated heterocycles. The first-order chi connectivity index (χ1) is 10.1. The molecule has 0 bridgehead atoms. The monoisotopic (exact) mass is 309 g/mol. The predicted octanol–water partition coefficient (Wildman–Crippen LogP) is 1.38. The van der Waals surface area contributed by atoms with Crippen LogP contribution in [0.3, 0.4) is 0 Å². The van der Waals surface area contributed by atoms with Crippen LogP contribution in [-0.2, 0) is 31.2 Å². The zero-order chi connectivity index (χ0) is 15.2. The highest BCUT2D eigenvalue weighted by Gasteiger charge is 2.13. The lowest BCUT2D eigenvalue weighted by Gasteiger charge is -2.08. The van der Waals surface area contributed by atoms with Crippen LogP contribution in [0.1, 0.15) is 24.7 Å². The molecule has 21 heavy (non-hydrogen) atoms. The van der Waals surface area contributed by atoms with E-state index in [0.29, 0.717) is 5.16 Å². The maximum absolute atomic E-state index is 10.7. The van der Waals surface area contributed by atoms with Crippen molar-refractivity contribution >= 4 is 17.7 Å². The van der Waals surface area contributed by atoms with E-state index < -0.39 is 5.97 Å². The maximum Gasteiger partial charge on any atom is 0.313 e. The lowest BCUT2D eigenvalue weighted by atomic mass is 10.2. The fourth-order valence-electron chi connectivity index (χ4n) is 2.03. The second kappa shape index (κ2) is 7.26. The standard InChI is InChI=1S/C13H19N5O2S/c1-3-4-11-15-16-13(21-9-12(19)20)18(11)6-5-10-7-14-17(2)8-10/h7-8H,3-6,9H2,1-2H3,(H,19,20). The van der Waals surface area contributed by atoms with E-state index in [1.54, 1.807) is 4.68 Å². The summed E-state index contributed by atoms with van der Waals surface area (Å²) in [6, 6.07) is 0. The van der Waals surface area contributed by atoms with E-state index >= 15 is 0 Å². The van der Waals surface area contributed by atoms with Gasteiger partial charge in [-0.25, -0.2) is 0 Å². The second-order valence-electron chi connectivity index (χ2n) is 4.76. The van der Waals surface area contributed by atoms with Crippen molar-refractivity contribution in [2.75, 3.05) is 5.75 Å². The molecule has 0 aliphatic heterocycles. The first-order valence-corrected chi connectivity index (χ1v) is 7.83. The molecule has 0 aliphatic rings. The number of hydrogen-bond acceptors (Lipinski definition) is 5. The third-order valence-corrected chi connectivity index (χ3v) is 3.93. The van der Waals surface area contributed by atoms with E-state index in [-0.39, 0.29) is 5.75 Å². The van der Waals surface area contributed by atoms with E-state index in [2.05, 4.69) is 22.2 Å². The highest BCUT2D eigenvalue weighted by Crippen LogP contribution is 2.18. The number of carboxylic acid groups (broad SMARTS) is 1. The number of rotatable bonds is 8. The quantitative estimate of drug-likeness (QED) is 0.742. The van der Waals surface area contributed by atoms with Crippen LogP contribution in [0.4, 0.5) is 0 Å².